The molecule has 0 spiro atoms. The zero-order valence-corrected chi connectivity index (χ0v) is 16.7. The summed E-state index contributed by atoms with van der Waals surface area (Å²) < 4.78 is 38.8. The van der Waals surface area contributed by atoms with Gasteiger partial charge < -0.3 is 19.1 Å². The van der Waals surface area contributed by atoms with Crippen molar-refractivity contribution < 1.29 is 32.6 Å². The molecule has 0 N–H and O–H groups in total. The fourth-order valence-corrected chi connectivity index (χ4v) is 2.58. The summed E-state index contributed by atoms with van der Waals surface area (Å²) in [5, 5.41) is 8.87. The summed E-state index contributed by atoms with van der Waals surface area (Å²) in [5.41, 5.74) is 1.01. The number of carbonyl (C=O) groups is 2. The maximum atomic E-state index is 12.6. The van der Waals surface area contributed by atoms with Gasteiger partial charge in [0.25, 0.3) is 5.91 Å². The zero-order valence-electron chi connectivity index (χ0n) is 16.7. The lowest BCUT2D eigenvalue weighted by molar-refractivity contribution is -0.142. The molecule has 0 unspecified atom stereocenters. The first-order valence-corrected chi connectivity index (χ1v) is 9.14. The molecule has 2 rings (SSSR count). The summed E-state index contributed by atoms with van der Waals surface area (Å²) in [6, 6.07) is 14.4. The van der Waals surface area contributed by atoms with Crippen LogP contribution in [-0.4, -0.2) is 38.7 Å². The highest BCUT2D eigenvalue weighted by Crippen LogP contribution is 2.28. The summed E-state index contributed by atoms with van der Waals surface area (Å²) in [4.78, 5) is 25.9. The van der Waals surface area contributed by atoms with E-state index in [4.69, 9.17) is 14.7 Å². The smallest absolute Gasteiger partial charge is 0.387 e. The third-order valence-electron chi connectivity index (χ3n) is 3.98. The van der Waals surface area contributed by atoms with Crippen molar-refractivity contribution in [3.8, 4) is 17.6 Å². The fraction of sp³-hybridized carbons (Fsp3) is 0.227. The van der Waals surface area contributed by atoms with Gasteiger partial charge in [0.05, 0.1) is 25.3 Å². The average Bonchev–Trinajstić information content (AvgIpc) is 2.77. The van der Waals surface area contributed by atoms with Gasteiger partial charge in [0.15, 0.2) is 6.61 Å². The second-order valence-corrected chi connectivity index (χ2v) is 6.01. The normalized spacial score (nSPS) is 10.5. The van der Waals surface area contributed by atoms with Gasteiger partial charge in [-0.1, -0.05) is 24.3 Å². The first-order valence-electron chi connectivity index (χ1n) is 9.14. The summed E-state index contributed by atoms with van der Waals surface area (Å²) in [6.45, 7) is -3.35. The second kappa shape index (κ2) is 11.9. The Hall–Kier alpha value is -3.93. The third-order valence-corrected chi connectivity index (χ3v) is 3.98. The van der Waals surface area contributed by atoms with E-state index in [2.05, 4.69) is 4.74 Å². The number of hydrogen-bond donors (Lipinski definition) is 0. The van der Waals surface area contributed by atoms with Crippen molar-refractivity contribution in [3.05, 3.63) is 60.2 Å². The summed E-state index contributed by atoms with van der Waals surface area (Å²) in [5.74, 6) is -0.843. The molecular weight excluding hydrogens is 410 g/mol. The number of benzene rings is 2. The minimum absolute atomic E-state index is 0.00544. The fourth-order valence-electron chi connectivity index (χ4n) is 2.58. The molecule has 0 bridgehead atoms. The van der Waals surface area contributed by atoms with Crippen molar-refractivity contribution in [1.82, 2.24) is 0 Å². The largest absolute Gasteiger partial charge is 0.495 e. The Morgan fingerprint density at radius 2 is 1.87 bits per heavy atom. The molecule has 2 aromatic carbocycles. The number of ether oxygens (including phenoxy) is 3. The molecule has 0 radical (unpaired) electrons. The van der Waals surface area contributed by atoms with Crippen molar-refractivity contribution in [3.63, 3.8) is 0 Å². The molecule has 0 aliphatic carbocycles. The van der Waals surface area contributed by atoms with E-state index in [1.54, 1.807) is 24.3 Å². The van der Waals surface area contributed by atoms with Crippen molar-refractivity contribution in [2.24, 2.45) is 0 Å². The second-order valence-electron chi connectivity index (χ2n) is 6.01. The molecule has 31 heavy (non-hydrogen) atoms. The first-order chi connectivity index (χ1) is 14.9. The molecule has 0 atom stereocenters. The number of para-hydroxylation sites is 2. The van der Waals surface area contributed by atoms with Crippen molar-refractivity contribution in [1.29, 1.82) is 5.26 Å². The molecule has 9 heteroatoms. The molecule has 7 nitrogen and oxygen atoms in total. The monoisotopic (exact) mass is 430 g/mol. The Labute approximate surface area is 178 Å². The van der Waals surface area contributed by atoms with Gasteiger partial charge in [-0.2, -0.15) is 14.0 Å². The molecule has 0 heterocycles. The number of amides is 1. The summed E-state index contributed by atoms with van der Waals surface area (Å²) in [7, 11) is 1.46. The van der Waals surface area contributed by atoms with E-state index in [9.17, 15) is 18.4 Å². The maximum absolute atomic E-state index is 12.6. The average molecular weight is 430 g/mol. The van der Waals surface area contributed by atoms with Crippen molar-refractivity contribution >= 4 is 23.6 Å². The number of halogens is 2. The molecule has 2 aromatic rings. The first kappa shape index (κ1) is 23.3. The summed E-state index contributed by atoms with van der Waals surface area (Å²) in [6.07, 6.45) is 2.61. The predicted molar refractivity (Wildman–Crippen MR) is 109 cm³/mol. The van der Waals surface area contributed by atoms with E-state index in [-0.39, 0.29) is 18.7 Å². The van der Waals surface area contributed by atoms with E-state index in [1.165, 1.54) is 42.4 Å². The Bertz CT molecular complexity index is 955. The maximum Gasteiger partial charge on any atom is 0.387 e. The minimum Gasteiger partial charge on any atom is -0.495 e. The molecule has 0 fully saturated rings. The van der Waals surface area contributed by atoms with Gasteiger partial charge in [0.2, 0.25) is 0 Å². The molecule has 0 saturated carbocycles. The standard InChI is InChI=1S/C22H20F2N2O5/c1-29-19-6-3-2-5-18(19)26(14-4-13-25)20(27)15-30-21(28)12-9-16-7-10-17(11-8-16)31-22(23)24/h2-3,5-12,22H,4,14-15H2,1H3/b12-9+. The molecule has 0 aliphatic rings. The van der Waals surface area contributed by atoms with Crippen LogP contribution in [0.5, 0.6) is 11.5 Å². The van der Waals surface area contributed by atoms with Gasteiger partial charge in [-0.3, -0.25) is 4.79 Å². The van der Waals surface area contributed by atoms with Gasteiger partial charge in [0.1, 0.15) is 11.5 Å². The molecule has 1 amide bonds. The Kier molecular flexibility index (Phi) is 8.98. The Morgan fingerprint density at radius 3 is 2.52 bits per heavy atom. The van der Waals surface area contributed by atoms with Crippen LogP contribution in [0.1, 0.15) is 12.0 Å². The van der Waals surface area contributed by atoms with Gasteiger partial charge in [0, 0.05) is 12.6 Å². The Morgan fingerprint density at radius 1 is 1.16 bits per heavy atom. The predicted octanol–water partition coefficient (Wildman–Crippen LogP) is 3.80. The van der Waals surface area contributed by atoms with E-state index in [0.29, 0.717) is 17.0 Å². The summed E-state index contributed by atoms with van der Waals surface area (Å²) >= 11 is 0. The zero-order chi connectivity index (χ0) is 22.6. The quantitative estimate of drug-likeness (QED) is 0.421. The highest BCUT2D eigenvalue weighted by Gasteiger charge is 2.20. The van der Waals surface area contributed by atoms with Crippen LogP contribution in [0.2, 0.25) is 0 Å². The molecular formula is C22H20F2N2O5. The number of esters is 1. The van der Waals surface area contributed by atoms with Crippen LogP contribution >= 0.6 is 0 Å². The van der Waals surface area contributed by atoms with Crippen LogP contribution < -0.4 is 14.4 Å². The van der Waals surface area contributed by atoms with E-state index in [1.807, 2.05) is 6.07 Å². The molecule has 0 saturated heterocycles. The SMILES string of the molecule is COc1ccccc1N(CCC#N)C(=O)COC(=O)/C=C/c1ccc(OC(F)F)cc1. The van der Waals surface area contributed by atoms with Crippen LogP contribution in [0.15, 0.2) is 54.6 Å². The van der Waals surface area contributed by atoms with Crippen LogP contribution in [0.25, 0.3) is 6.08 Å². The van der Waals surface area contributed by atoms with Crippen LogP contribution in [0, 0.1) is 11.3 Å². The molecule has 162 valence electrons. The third kappa shape index (κ3) is 7.44. The highest BCUT2D eigenvalue weighted by molar-refractivity contribution is 5.97. The highest BCUT2D eigenvalue weighted by atomic mass is 19.3. The molecule has 0 aromatic heterocycles. The number of carbonyl (C=O) groups excluding carboxylic acids is 2. The van der Waals surface area contributed by atoms with Crippen molar-refractivity contribution in [2.45, 2.75) is 13.0 Å². The topological polar surface area (TPSA) is 88.9 Å². The van der Waals surface area contributed by atoms with Crippen molar-refractivity contribution in [2.75, 3.05) is 25.2 Å². The number of nitriles is 1. The van der Waals surface area contributed by atoms with Crippen LogP contribution in [0.3, 0.4) is 0 Å². The van der Waals surface area contributed by atoms with Crippen LogP contribution in [-0.2, 0) is 14.3 Å². The van der Waals surface area contributed by atoms with E-state index in [0.717, 1.165) is 6.08 Å². The molecule has 0 aliphatic heterocycles. The number of rotatable bonds is 10. The lowest BCUT2D eigenvalue weighted by atomic mass is 10.2. The number of anilines is 1. The minimum atomic E-state index is -2.92. The van der Waals surface area contributed by atoms with Gasteiger partial charge in [-0.15, -0.1) is 0 Å². The van der Waals surface area contributed by atoms with E-state index >= 15 is 0 Å². The van der Waals surface area contributed by atoms with Gasteiger partial charge in [-0.05, 0) is 35.9 Å². The number of hydrogen-bond acceptors (Lipinski definition) is 6. The van der Waals surface area contributed by atoms with E-state index < -0.39 is 25.1 Å². The number of methoxy groups -OCH3 is 1. The van der Waals surface area contributed by atoms with Crippen LogP contribution in [0.4, 0.5) is 14.5 Å². The lowest BCUT2D eigenvalue weighted by Gasteiger charge is -2.23. The lowest BCUT2D eigenvalue weighted by Crippen LogP contribution is -2.35. The van der Waals surface area contributed by atoms with Gasteiger partial charge in [-0.25, -0.2) is 4.79 Å². The number of nitrogens with zero attached hydrogens (tertiary/aromatic N) is 2. The number of alkyl halides is 2. The Balaban J connectivity index is 1.97. The van der Waals surface area contributed by atoms with Gasteiger partial charge >= 0.3 is 12.6 Å².